The van der Waals surface area contributed by atoms with Crippen LogP contribution in [0.4, 0.5) is 10.1 Å². The standard InChI is InChI=1S/C16H14FN5OS/c17-13-8-4-5-9-14(13)18-15(23)10-11-24-16-19-20-21-22(16)12-6-2-1-3-7-12/h1-9H,10-11H2,(H,18,23). The number of halogens is 1. The van der Waals surface area contributed by atoms with E-state index in [0.29, 0.717) is 10.9 Å². The lowest BCUT2D eigenvalue weighted by atomic mass is 10.3. The maximum absolute atomic E-state index is 13.5. The van der Waals surface area contributed by atoms with Crippen LogP contribution in [0, 0.1) is 5.82 Å². The highest BCUT2D eigenvalue weighted by Crippen LogP contribution is 2.19. The van der Waals surface area contributed by atoms with E-state index in [1.807, 2.05) is 30.3 Å². The summed E-state index contributed by atoms with van der Waals surface area (Å²) in [6.07, 6.45) is 0.223. The molecule has 1 aromatic heterocycles. The Kier molecular flexibility index (Phi) is 5.17. The molecule has 1 N–H and O–H groups in total. The van der Waals surface area contributed by atoms with Crippen molar-refractivity contribution in [2.45, 2.75) is 11.6 Å². The molecule has 0 spiro atoms. The minimum Gasteiger partial charge on any atom is -0.324 e. The molecule has 0 aliphatic carbocycles. The van der Waals surface area contributed by atoms with Crippen LogP contribution in [0.1, 0.15) is 6.42 Å². The minimum atomic E-state index is -0.452. The molecule has 6 nitrogen and oxygen atoms in total. The number of rotatable bonds is 6. The van der Waals surface area contributed by atoms with Crippen LogP contribution >= 0.6 is 11.8 Å². The molecule has 0 radical (unpaired) electrons. The third-order valence-electron chi connectivity index (χ3n) is 3.15. The van der Waals surface area contributed by atoms with Gasteiger partial charge in [0.25, 0.3) is 0 Å². The summed E-state index contributed by atoms with van der Waals surface area (Å²) < 4.78 is 15.1. The van der Waals surface area contributed by atoms with E-state index in [-0.39, 0.29) is 18.0 Å². The minimum absolute atomic E-state index is 0.182. The number of nitrogens with one attached hydrogen (secondary N) is 1. The first-order valence-corrected chi connectivity index (χ1v) is 8.23. The summed E-state index contributed by atoms with van der Waals surface area (Å²) in [7, 11) is 0. The Morgan fingerprint density at radius 2 is 1.88 bits per heavy atom. The molecular weight excluding hydrogens is 329 g/mol. The zero-order valence-electron chi connectivity index (χ0n) is 12.6. The van der Waals surface area contributed by atoms with Crippen LogP contribution < -0.4 is 5.32 Å². The van der Waals surface area contributed by atoms with Gasteiger partial charge in [-0.25, -0.2) is 4.39 Å². The van der Waals surface area contributed by atoms with Crippen molar-refractivity contribution in [3.05, 3.63) is 60.4 Å². The van der Waals surface area contributed by atoms with Gasteiger partial charge in [0, 0.05) is 12.2 Å². The molecule has 2 aromatic carbocycles. The summed E-state index contributed by atoms with van der Waals surface area (Å²) in [4.78, 5) is 11.9. The summed E-state index contributed by atoms with van der Waals surface area (Å²) in [6, 6.07) is 15.6. The molecule has 3 rings (SSSR count). The molecule has 0 bridgehead atoms. The second-order valence-corrected chi connectivity index (χ2v) is 5.90. The molecule has 0 fully saturated rings. The smallest absolute Gasteiger partial charge is 0.225 e. The lowest BCUT2D eigenvalue weighted by Gasteiger charge is -2.06. The van der Waals surface area contributed by atoms with E-state index in [1.54, 1.807) is 16.8 Å². The molecule has 0 saturated heterocycles. The van der Waals surface area contributed by atoms with Gasteiger partial charge in [0.2, 0.25) is 11.1 Å². The zero-order valence-corrected chi connectivity index (χ0v) is 13.4. The van der Waals surface area contributed by atoms with Crippen LogP contribution in [0.25, 0.3) is 5.69 Å². The monoisotopic (exact) mass is 343 g/mol. The third kappa shape index (κ3) is 3.96. The number of carbonyl (C=O) groups is 1. The fourth-order valence-electron chi connectivity index (χ4n) is 2.01. The number of para-hydroxylation sites is 2. The number of tetrazole rings is 1. The van der Waals surface area contributed by atoms with E-state index in [1.165, 1.54) is 23.9 Å². The summed E-state index contributed by atoms with van der Waals surface area (Å²) >= 11 is 1.36. The average molecular weight is 343 g/mol. The molecule has 3 aromatic rings. The van der Waals surface area contributed by atoms with Gasteiger partial charge in [-0.2, -0.15) is 4.68 Å². The Morgan fingerprint density at radius 1 is 1.12 bits per heavy atom. The number of anilines is 1. The maximum Gasteiger partial charge on any atom is 0.225 e. The number of thioether (sulfide) groups is 1. The largest absolute Gasteiger partial charge is 0.324 e. The van der Waals surface area contributed by atoms with Gasteiger partial charge < -0.3 is 5.32 Å². The van der Waals surface area contributed by atoms with E-state index in [2.05, 4.69) is 20.8 Å². The van der Waals surface area contributed by atoms with Crippen molar-refractivity contribution in [2.24, 2.45) is 0 Å². The van der Waals surface area contributed by atoms with Crippen LogP contribution in [0.5, 0.6) is 0 Å². The van der Waals surface area contributed by atoms with Crippen molar-refractivity contribution < 1.29 is 9.18 Å². The fraction of sp³-hybridized carbons (Fsp3) is 0.125. The van der Waals surface area contributed by atoms with Crippen molar-refractivity contribution >= 4 is 23.4 Å². The number of hydrogen-bond acceptors (Lipinski definition) is 5. The fourth-order valence-corrected chi connectivity index (χ4v) is 2.84. The quantitative estimate of drug-likeness (QED) is 0.697. The third-order valence-corrected chi connectivity index (χ3v) is 4.07. The number of hydrogen-bond donors (Lipinski definition) is 1. The van der Waals surface area contributed by atoms with E-state index in [9.17, 15) is 9.18 Å². The first-order chi connectivity index (χ1) is 11.7. The molecule has 1 amide bonds. The van der Waals surface area contributed by atoms with Crippen LogP contribution in [0.2, 0.25) is 0 Å². The van der Waals surface area contributed by atoms with Crippen LogP contribution in [0.3, 0.4) is 0 Å². The summed E-state index contributed by atoms with van der Waals surface area (Å²) in [5, 5.41) is 14.7. The number of aromatic nitrogens is 4. The highest BCUT2D eigenvalue weighted by molar-refractivity contribution is 7.99. The molecule has 1 heterocycles. The molecule has 0 unspecified atom stereocenters. The Hall–Kier alpha value is -2.74. The molecule has 24 heavy (non-hydrogen) atoms. The first-order valence-electron chi connectivity index (χ1n) is 7.25. The number of amides is 1. The van der Waals surface area contributed by atoms with Gasteiger partial charge in [-0.3, -0.25) is 4.79 Å². The van der Waals surface area contributed by atoms with Crippen LogP contribution in [-0.4, -0.2) is 31.9 Å². The average Bonchev–Trinajstić information content (AvgIpc) is 3.06. The van der Waals surface area contributed by atoms with E-state index >= 15 is 0 Å². The Bertz CT molecular complexity index is 824. The summed E-state index contributed by atoms with van der Waals surface area (Å²) in [6.45, 7) is 0. The normalized spacial score (nSPS) is 10.5. The van der Waals surface area contributed by atoms with Crippen molar-refractivity contribution in [3.63, 3.8) is 0 Å². The van der Waals surface area contributed by atoms with Gasteiger partial charge in [0.05, 0.1) is 11.4 Å². The van der Waals surface area contributed by atoms with E-state index in [4.69, 9.17) is 0 Å². The van der Waals surface area contributed by atoms with Crippen LogP contribution in [-0.2, 0) is 4.79 Å². The molecule has 0 atom stereocenters. The number of carbonyl (C=O) groups excluding carboxylic acids is 1. The summed E-state index contributed by atoms with van der Waals surface area (Å²) in [5.74, 6) is -0.231. The van der Waals surface area contributed by atoms with Gasteiger partial charge in [-0.1, -0.05) is 42.1 Å². The van der Waals surface area contributed by atoms with Crippen molar-refractivity contribution in [2.75, 3.05) is 11.1 Å². The predicted octanol–water partition coefficient (Wildman–Crippen LogP) is 2.92. The second kappa shape index (κ2) is 7.69. The van der Waals surface area contributed by atoms with E-state index < -0.39 is 5.82 Å². The van der Waals surface area contributed by atoms with Crippen molar-refractivity contribution in [3.8, 4) is 5.69 Å². The zero-order chi connectivity index (χ0) is 16.8. The number of benzene rings is 2. The Labute approximate surface area is 142 Å². The molecule has 8 heteroatoms. The Morgan fingerprint density at radius 3 is 2.67 bits per heavy atom. The van der Waals surface area contributed by atoms with Crippen molar-refractivity contribution in [1.82, 2.24) is 20.2 Å². The summed E-state index contributed by atoms with van der Waals surface area (Å²) in [5.41, 5.74) is 1.03. The highest BCUT2D eigenvalue weighted by atomic mass is 32.2. The topological polar surface area (TPSA) is 72.7 Å². The van der Waals surface area contributed by atoms with Gasteiger partial charge in [0.15, 0.2) is 0 Å². The first kappa shape index (κ1) is 16.1. The second-order valence-electron chi connectivity index (χ2n) is 4.84. The van der Waals surface area contributed by atoms with Crippen molar-refractivity contribution in [1.29, 1.82) is 0 Å². The molecule has 0 aliphatic heterocycles. The predicted molar refractivity (Wildman–Crippen MR) is 89.5 cm³/mol. The Balaban J connectivity index is 1.55. The SMILES string of the molecule is O=C(CCSc1nnnn1-c1ccccc1)Nc1ccccc1F. The van der Waals surface area contributed by atoms with E-state index in [0.717, 1.165) is 5.69 Å². The van der Waals surface area contributed by atoms with Gasteiger partial charge in [-0.05, 0) is 34.7 Å². The highest BCUT2D eigenvalue weighted by Gasteiger charge is 2.11. The lowest BCUT2D eigenvalue weighted by molar-refractivity contribution is -0.115. The molecule has 122 valence electrons. The van der Waals surface area contributed by atoms with Gasteiger partial charge >= 0.3 is 0 Å². The lowest BCUT2D eigenvalue weighted by Crippen LogP contribution is -2.13. The maximum atomic E-state index is 13.5. The van der Waals surface area contributed by atoms with Gasteiger partial charge in [-0.15, -0.1) is 5.10 Å². The molecule has 0 aliphatic rings. The molecule has 0 saturated carbocycles. The van der Waals surface area contributed by atoms with Crippen LogP contribution in [0.15, 0.2) is 59.8 Å². The number of nitrogens with zero attached hydrogens (tertiary/aromatic N) is 4. The molecular formula is C16H14FN5OS. The van der Waals surface area contributed by atoms with Gasteiger partial charge in [0.1, 0.15) is 5.82 Å².